The topological polar surface area (TPSA) is 448 Å². The standard InChI is InChI=1S/C73H32N12O23/c1-20-21-8-23-24(52(87)74(2)51(23)86)9-22(21)63(98)80(20)45-46(81-64(99)35-10-25-26(11-36(35)65(81)100)54(89)75(3)53(25)88)48(83-68(103)39-14-29-30(15-40(39)69(83)104)58(93)77(5)57(29)92)50(85-72(107)43-18-33-34(19-44(43)73(85)108)62(97)79(7)61(33)96)49(84-70(105)41-16-31-32(17-42(41)71(84)106)60(95)78(6)59(31)94)47(45)82-66(101)37-12-27-28(13-38(37)67(82)102)56(91)76(4)55(27)90/h8-19H,1H2,2-7H3. The van der Waals surface area contributed by atoms with E-state index in [1.165, 1.54) is 0 Å². The van der Waals surface area contributed by atoms with Crippen molar-refractivity contribution in [3.63, 3.8) is 0 Å². The molecule has 108 heavy (non-hydrogen) atoms. The number of hydrogen-bond acceptors (Lipinski definition) is 23. The maximum absolute atomic E-state index is 16.6. The number of amides is 3. The Bertz CT molecular complexity index is 8050. The van der Waals surface area contributed by atoms with Gasteiger partial charge in [-0.2, -0.15) is 0 Å². The number of nitrogens with zero attached hydrogens (tertiary/aromatic N) is 12. The fraction of sp³-hybridized carbons (Fsp3) is 0.0822. The fourth-order valence-electron chi connectivity index (χ4n) is 15.9. The summed E-state index contributed by atoms with van der Waals surface area (Å²) in [5, 5.41) is -14.2. The van der Waals surface area contributed by atoms with Gasteiger partial charge in [0.05, 0.1) is 130 Å². The number of aromatic nitrogens is 10. The van der Waals surface area contributed by atoms with Crippen molar-refractivity contribution >= 4 is 137 Å². The molecule has 10 aromatic heterocycles. The Morgan fingerprint density at radius 1 is 0.185 bits per heavy atom. The number of rotatable bonds is 6. The zero-order chi connectivity index (χ0) is 76.6. The molecule has 522 valence electrons. The summed E-state index contributed by atoms with van der Waals surface area (Å²) in [7, 11) is 6.32. The highest BCUT2D eigenvalue weighted by Crippen LogP contribution is 2.49. The van der Waals surface area contributed by atoms with Crippen molar-refractivity contribution in [3.8, 4) is 28.4 Å². The van der Waals surface area contributed by atoms with Gasteiger partial charge in [0.2, 0.25) is 0 Å². The molecular weight excluding hydrogens is 1410 g/mol. The zero-order valence-electron chi connectivity index (χ0n) is 55.4. The van der Waals surface area contributed by atoms with Crippen LogP contribution < -0.4 is 116 Å². The first-order valence-electron chi connectivity index (χ1n) is 31.9. The molecule has 19 rings (SSSR count). The van der Waals surface area contributed by atoms with Crippen LogP contribution in [-0.4, -0.2) is 75.3 Å². The summed E-state index contributed by atoms with van der Waals surface area (Å²) in [6, 6.07) is 9.38. The Hall–Kier alpha value is -15.7. The second-order valence-corrected chi connectivity index (χ2v) is 26.6. The van der Waals surface area contributed by atoms with Crippen LogP contribution in [0.25, 0.3) is 142 Å². The van der Waals surface area contributed by atoms with Gasteiger partial charge in [0, 0.05) is 47.8 Å². The zero-order valence-corrected chi connectivity index (χ0v) is 55.4. The van der Waals surface area contributed by atoms with Gasteiger partial charge >= 0.3 is 0 Å². The summed E-state index contributed by atoms with van der Waals surface area (Å²) in [5.41, 5.74) is -40.7. The van der Waals surface area contributed by atoms with Gasteiger partial charge in [0.1, 0.15) is 34.1 Å². The highest BCUT2D eigenvalue weighted by molar-refractivity contribution is 6.28. The second-order valence-electron chi connectivity index (χ2n) is 26.6. The van der Waals surface area contributed by atoms with E-state index in [9.17, 15) is 57.5 Å². The highest BCUT2D eigenvalue weighted by Gasteiger charge is 2.47. The molecular formula is C73H32N12O23. The first-order chi connectivity index (χ1) is 51.1. The van der Waals surface area contributed by atoms with E-state index in [0.717, 1.165) is 115 Å². The Balaban J connectivity index is 1.17. The molecule has 35 heteroatoms. The average Bonchev–Trinajstić information content (AvgIpc) is 1.45. The van der Waals surface area contributed by atoms with Gasteiger partial charge in [-0.1, -0.05) is 6.58 Å². The predicted octanol–water partition coefficient (Wildman–Crippen LogP) is -3.70. The van der Waals surface area contributed by atoms with Gasteiger partial charge in [-0.15, -0.1) is 0 Å². The van der Waals surface area contributed by atoms with E-state index in [1.54, 1.807) is 0 Å². The fourth-order valence-corrected chi connectivity index (χ4v) is 15.9. The van der Waals surface area contributed by atoms with Crippen LogP contribution >= 0.6 is 0 Å². The molecule has 0 N–H and O–H groups in total. The van der Waals surface area contributed by atoms with Crippen LogP contribution in [0.4, 0.5) is 5.69 Å². The number of carbonyl (C=O) groups excluding carboxylic acids is 3. The molecule has 7 aromatic carbocycles. The van der Waals surface area contributed by atoms with Crippen LogP contribution in [0, 0.1) is 0 Å². The Labute approximate surface area is 583 Å². The number of anilines is 1. The van der Waals surface area contributed by atoms with Crippen LogP contribution in [-0.2, 0) is 35.2 Å². The third-order valence-corrected chi connectivity index (χ3v) is 21.4. The molecule has 12 heterocycles. The Morgan fingerprint density at radius 3 is 0.519 bits per heavy atom. The van der Waals surface area contributed by atoms with Gasteiger partial charge in [-0.25, -0.2) is 22.8 Å². The van der Waals surface area contributed by atoms with Crippen molar-refractivity contribution in [2.45, 2.75) is 0 Å². The molecule has 0 bridgehead atoms. The van der Waals surface area contributed by atoms with Crippen LogP contribution in [0.5, 0.6) is 0 Å². The molecule has 0 unspecified atom stereocenters. The quantitative estimate of drug-likeness (QED) is 0.145. The minimum absolute atomic E-state index is 0.00255. The molecule has 0 saturated heterocycles. The molecule has 0 fully saturated rings. The molecule has 0 radical (unpaired) electrons. The van der Waals surface area contributed by atoms with Crippen molar-refractivity contribution in [2.75, 3.05) is 11.9 Å². The minimum atomic E-state index is -1.77. The van der Waals surface area contributed by atoms with E-state index in [1.807, 2.05) is 0 Å². The van der Waals surface area contributed by atoms with E-state index in [4.69, 9.17) is 0 Å². The lowest BCUT2D eigenvalue weighted by atomic mass is 10.0. The summed E-state index contributed by atoms with van der Waals surface area (Å²) >= 11 is 0. The maximum atomic E-state index is 16.6. The van der Waals surface area contributed by atoms with E-state index in [0.29, 0.717) is 32.6 Å². The number of benzene rings is 7. The van der Waals surface area contributed by atoms with Gasteiger partial charge in [0.15, 0.2) is 0 Å². The van der Waals surface area contributed by atoms with Crippen molar-refractivity contribution in [2.24, 2.45) is 35.2 Å². The Kier molecular flexibility index (Phi) is 11.5. The number of hydrogen-bond donors (Lipinski definition) is 0. The molecule has 2 aliphatic heterocycles. The molecule has 0 saturated carbocycles. The summed E-state index contributed by atoms with van der Waals surface area (Å²) in [5.74, 6) is -3.57. The lowest BCUT2D eigenvalue weighted by molar-refractivity contribution is 0.0692. The van der Waals surface area contributed by atoms with Crippen molar-refractivity contribution < 1.29 is 14.4 Å². The van der Waals surface area contributed by atoms with Crippen LogP contribution in [0.3, 0.4) is 0 Å². The van der Waals surface area contributed by atoms with E-state index < -0.39 is 299 Å². The van der Waals surface area contributed by atoms with Crippen molar-refractivity contribution in [1.82, 2.24) is 50.6 Å². The normalized spacial score (nSPS) is 13.5. The third-order valence-electron chi connectivity index (χ3n) is 21.4. The second kappa shape index (κ2) is 19.7. The highest BCUT2D eigenvalue weighted by atomic mass is 16.2. The lowest BCUT2D eigenvalue weighted by Gasteiger charge is -2.30. The van der Waals surface area contributed by atoms with Gasteiger partial charge < -0.3 is 0 Å². The number of fused-ring (bicyclic) bond motifs is 12. The number of carbonyl (C=O) groups is 3. The van der Waals surface area contributed by atoms with E-state index >= 15 is 52.7 Å². The summed E-state index contributed by atoms with van der Waals surface area (Å²) < 4.78 is 2.91. The maximum Gasteiger partial charge on any atom is 0.266 e. The number of imide groups is 1. The largest absolute Gasteiger partial charge is 0.277 e. The molecule has 0 spiro atoms. The molecule has 0 atom stereocenters. The van der Waals surface area contributed by atoms with Crippen LogP contribution in [0.15, 0.2) is 175 Å². The monoisotopic (exact) mass is 1440 g/mol. The molecule has 3 amide bonds. The van der Waals surface area contributed by atoms with E-state index in [2.05, 4.69) is 6.58 Å². The van der Waals surface area contributed by atoms with Gasteiger partial charge in [-0.3, -0.25) is 143 Å². The Morgan fingerprint density at radius 2 is 0.333 bits per heavy atom. The first kappa shape index (κ1) is 63.2. The molecule has 17 aromatic rings. The minimum Gasteiger partial charge on any atom is -0.277 e. The predicted molar refractivity (Wildman–Crippen MR) is 389 cm³/mol. The lowest BCUT2D eigenvalue weighted by Crippen LogP contribution is -2.40. The van der Waals surface area contributed by atoms with Gasteiger partial charge in [-0.05, 0) is 72.8 Å². The summed E-state index contributed by atoms with van der Waals surface area (Å²) in [6.07, 6.45) is 0. The summed E-state index contributed by atoms with van der Waals surface area (Å²) in [6.45, 7) is 4.15. The third kappa shape index (κ3) is 7.02. The smallest absolute Gasteiger partial charge is 0.266 e. The van der Waals surface area contributed by atoms with Crippen LogP contribution in [0.2, 0.25) is 0 Å². The van der Waals surface area contributed by atoms with Crippen molar-refractivity contribution in [3.05, 3.63) is 309 Å². The average molecular weight is 1450 g/mol. The molecule has 0 aliphatic carbocycles. The van der Waals surface area contributed by atoms with Gasteiger partial charge in [0.25, 0.3) is 129 Å². The molecule has 2 aliphatic rings. The van der Waals surface area contributed by atoms with Crippen LogP contribution in [0.1, 0.15) is 36.6 Å². The SMILES string of the molecule is C=C1c2cc3c(cc2C(=O)N1c1c(-n2c(=O)c4cc5c(=O)n(C)c(=O)c5cc4c2=O)c(-n2c(=O)c4cc5c(=O)n(C)c(=O)c5cc4c2=O)c(-n2c(=O)c4cc5c(=O)n(C)c(=O)c5cc4c2=O)c(-n2c(=O)c4cc5c(=O)n(C)c(=O)c5cc4c2=O)c1-n1c(=O)c2cc4c(=O)n(C)c(=O)c4cc2c1=O)C(=O)N(C)C3=O. The van der Waals surface area contributed by atoms with Crippen molar-refractivity contribution in [1.29, 1.82) is 0 Å². The van der Waals surface area contributed by atoms with E-state index in [-0.39, 0.29) is 22.8 Å². The molecule has 35 nitrogen and oxygen atoms in total. The first-order valence-corrected chi connectivity index (χ1v) is 31.9. The summed E-state index contributed by atoms with van der Waals surface area (Å²) in [4.78, 5) is 350.